The Labute approximate surface area is 182 Å². The van der Waals surface area contributed by atoms with Crippen LogP contribution in [0.15, 0.2) is 35.5 Å². The van der Waals surface area contributed by atoms with Gasteiger partial charge in [0, 0.05) is 50.2 Å². The van der Waals surface area contributed by atoms with Crippen molar-refractivity contribution in [2.45, 2.75) is 26.2 Å². The van der Waals surface area contributed by atoms with Crippen molar-refractivity contribution in [3.8, 4) is 0 Å². The number of nitrogens with zero attached hydrogens (tertiary/aromatic N) is 2. The van der Waals surface area contributed by atoms with E-state index >= 15 is 0 Å². The third-order valence-electron chi connectivity index (χ3n) is 3.93. The fourth-order valence-electron chi connectivity index (χ4n) is 2.47. The molecule has 0 aliphatic carbocycles. The van der Waals surface area contributed by atoms with Gasteiger partial charge in [0.25, 0.3) is 5.91 Å². The molecule has 1 aromatic carbocycles. The van der Waals surface area contributed by atoms with Crippen LogP contribution in [0.25, 0.3) is 0 Å². The Balaban J connectivity index is 0.00000364. The van der Waals surface area contributed by atoms with Crippen molar-refractivity contribution in [1.29, 1.82) is 0 Å². The number of aromatic nitrogens is 1. The van der Waals surface area contributed by atoms with Crippen LogP contribution in [0.2, 0.25) is 0 Å². The summed E-state index contributed by atoms with van der Waals surface area (Å²) < 4.78 is 0. The predicted molar refractivity (Wildman–Crippen MR) is 124 cm³/mol. The molecule has 8 heteroatoms. The molecular formula is C19H28IN5OS. The smallest absolute Gasteiger partial charge is 0.251 e. The maximum atomic E-state index is 11.7. The predicted octanol–water partition coefficient (Wildman–Crippen LogP) is 2.63. The molecule has 0 fully saturated rings. The number of amides is 1. The highest BCUT2D eigenvalue weighted by atomic mass is 127. The molecule has 0 aliphatic rings. The van der Waals surface area contributed by atoms with Crippen LogP contribution in [0.4, 0.5) is 0 Å². The quantitative estimate of drug-likeness (QED) is 0.295. The molecule has 0 aliphatic heterocycles. The molecule has 1 amide bonds. The van der Waals surface area contributed by atoms with Gasteiger partial charge in [0.2, 0.25) is 0 Å². The van der Waals surface area contributed by atoms with Gasteiger partial charge in [0.05, 0.1) is 5.01 Å². The fraction of sp³-hybridized carbons (Fsp3) is 0.421. The van der Waals surface area contributed by atoms with Gasteiger partial charge in [0.15, 0.2) is 5.96 Å². The number of aliphatic imine (C=N–C) groups is 1. The van der Waals surface area contributed by atoms with Crippen LogP contribution in [0.5, 0.6) is 0 Å². The first-order chi connectivity index (χ1) is 12.7. The molecule has 2 rings (SSSR count). The average molecular weight is 501 g/mol. The van der Waals surface area contributed by atoms with Crippen molar-refractivity contribution in [3.63, 3.8) is 0 Å². The normalized spacial score (nSPS) is 10.9. The molecule has 0 spiro atoms. The lowest BCUT2D eigenvalue weighted by Gasteiger charge is -2.11. The summed E-state index contributed by atoms with van der Waals surface area (Å²) in [7, 11) is 3.40. The molecule has 3 N–H and O–H groups in total. The van der Waals surface area contributed by atoms with E-state index < -0.39 is 0 Å². The maximum absolute atomic E-state index is 11.7. The highest BCUT2D eigenvalue weighted by Crippen LogP contribution is 2.13. The van der Waals surface area contributed by atoms with Crippen molar-refractivity contribution in [2.75, 3.05) is 27.2 Å². The van der Waals surface area contributed by atoms with Crippen molar-refractivity contribution in [2.24, 2.45) is 4.99 Å². The fourth-order valence-corrected chi connectivity index (χ4v) is 3.34. The second-order valence-corrected chi connectivity index (χ2v) is 6.98. The molecule has 0 radical (unpaired) electrons. The van der Waals surface area contributed by atoms with Gasteiger partial charge >= 0.3 is 0 Å². The number of hydrogen-bond donors (Lipinski definition) is 3. The van der Waals surface area contributed by atoms with Gasteiger partial charge in [-0.15, -0.1) is 35.3 Å². The van der Waals surface area contributed by atoms with E-state index in [1.165, 1.54) is 4.88 Å². The zero-order valence-electron chi connectivity index (χ0n) is 16.0. The molecule has 27 heavy (non-hydrogen) atoms. The van der Waals surface area contributed by atoms with Gasteiger partial charge in [-0.25, -0.2) is 4.98 Å². The molecule has 0 bridgehead atoms. The zero-order valence-corrected chi connectivity index (χ0v) is 19.2. The second-order valence-electron chi connectivity index (χ2n) is 5.78. The summed E-state index contributed by atoms with van der Waals surface area (Å²) >= 11 is 1.77. The molecule has 148 valence electrons. The molecule has 2 aromatic rings. The van der Waals surface area contributed by atoms with Crippen LogP contribution in [-0.4, -0.2) is 44.0 Å². The third kappa shape index (κ3) is 7.84. The number of aryl methyl sites for hydroxylation is 1. The van der Waals surface area contributed by atoms with Gasteiger partial charge in [-0.3, -0.25) is 9.79 Å². The van der Waals surface area contributed by atoms with Crippen LogP contribution in [0, 0.1) is 0 Å². The number of thiazole rings is 1. The summed E-state index contributed by atoms with van der Waals surface area (Å²) in [6.45, 7) is 3.68. The molecule has 0 saturated heterocycles. The number of benzene rings is 1. The first kappa shape index (κ1) is 23.4. The monoisotopic (exact) mass is 501 g/mol. The van der Waals surface area contributed by atoms with E-state index in [0.717, 1.165) is 48.9 Å². The topological polar surface area (TPSA) is 78.4 Å². The van der Waals surface area contributed by atoms with Crippen LogP contribution >= 0.6 is 35.3 Å². The van der Waals surface area contributed by atoms with Crippen LogP contribution < -0.4 is 16.0 Å². The Kier molecular flexibility index (Phi) is 11.0. The number of carbonyl (C=O) groups is 1. The number of hydrogen-bond acceptors (Lipinski definition) is 4. The zero-order chi connectivity index (χ0) is 18.8. The van der Waals surface area contributed by atoms with Crippen LogP contribution in [-0.2, 0) is 19.3 Å². The maximum Gasteiger partial charge on any atom is 0.251 e. The molecule has 6 nitrogen and oxygen atoms in total. The summed E-state index contributed by atoms with van der Waals surface area (Å²) in [5.74, 6) is 0.713. The SMILES string of the molecule is CCc1cnc(CCNC(=NC)NCCc2cccc(C(=O)NC)c2)s1.I. The van der Waals surface area contributed by atoms with E-state index in [2.05, 4.69) is 32.9 Å². The van der Waals surface area contributed by atoms with Crippen LogP contribution in [0.1, 0.15) is 32.7 Å². The minimum atomic E-state index is -0.0642. The van der Waals surface area contributed by atoms with Crippen molar-refractivity contribution in [3.05, 3.63) is 51.5 Å². The van der Waals surface area contributed by atoms with Gasteiger partial charge < -0.3 is 16.0 Å². The lowest BCUT2D eigenvalue weighted by Crippen LogP contribution is -2.39. The van der Waals surface area contributed by atoms with Gasteiger partial charge in [-0.1, -0.05) is 19.1 Å². The molecule has 0 atom stereocenters. The highest BCUT2D eigenvalue weighted by Gasteiger charge is 2.05. The summed E-state index contributed by atoms with van der Waals surface area (Å²) in [5, 5.41) is 10.4. The summed E-state index contributed by atoms with van der Waals surface area (Å²) in [5.41, 5.74) is 1.80. The van der Waals surface area contributed by atoms with E-state index in [-0.39, 0.29) is 29.9 Å². The van der Waals surface area contributed by atoms with E-state index in [1.807, 2.05) is 30.5 Å². The van der Waals surface area contributed by atoms with Crippen molar-refractivity contribution < 1.29 is 4.79 Å². The first-order valence-corrected chi connectivity index (χ1v) is 9.67. The lowest BCUT2D eigenvalue weighted by atomic mass is 10.1. The number of nitrogens with one attached hydrogen (secondary N) is 3. The summed E-state index contributed by atoms with van der Waals surface area (Å²) in [4.78, 5) is 21.7. The Morgan fingerprint density at radius 1 is 1.22 bits per heavy atom. The summed E-state index contributed by atoms with van der Waals surface area (Å²) in [6, 6.07) is 7.67. The second kappa shape index (κ2) is 12.7. The number of rotatable bonds is 8. The van der Waals surface area contributed by atoms with Crippen molar-refractivity contribution in [1.82, 2.24) is 20.9 Å². The number of guanidine groups is 1. The van der Waals surface area contributed by atoms with Gasteiger partial charge in [0.1, 0.15) is 0 Å². The molecule has 0 unspecified atom stereocenters. The Bertz CT molecular complexity index is 747. The van der Waals surface area contributed by atoms with E-state index in [4.69, 9.17) is 0 Å². The molecule has 1 aromatic heterocycles. The molecular weight excluding hydrogens is 473 g/mol. The van der Waals surface area contributed by atoms with E-state index in [1.54, 1.807) is 25.4 Å². The Hall–Kier alpha value is -1.68. The van der Waals surface area contributed by atoms with Gasteiger partial charge in [-0.05, 0) is 30.5 Å². The first-order valence-electron chi connectivity index (χ1n) is 8.85. The highest BCUT2D eigenvalue weighted by molar-refractivity contribution is 14.0. The Morgan fingerprint density at radius 3 is 2.59 bits per heavy atom. The Morgan fingerprint density at radius 2 is 1.96 bits per heavy atom. The standard InChI is InChI=1S/C19H27N5OS.HI/c1-4-16-13-24-17(26-16)9-11-23-19(21-3)22-10-8-14-6-5-7-15(12-14)18(25)20-2;/h5-7,12-13H,4,8-11H2,1-3H3,(H,20,25)(H2,21,22,23);1H. The largest absolute Gasteiger partial charge is 0.356 e. The number of halogens is 1. The third-order valence-corrected chi connectivity index (χ3v) is 5.13. The minimum absolute atomic E-state index is 0. The van der Waals surface area contributed by atoms with Crippen LogP contribution in [0.3, 0.4) is 0 Å². The minimum Gasteiger partial charge on any atom is -0.356 e. The average Bonchev–Trinajstić information content (AvgIpc) is 3.14. The van der Waals surface area contributed by atoms with Gasteiger partial charge in [-0.2, -0.15) is 0 Å². The summed E-state index contributed by atoms with van der Waals surface area (Å²) in [6.07, 6.45) is 4.70. The molecule has 1 heterocycles. The lowest BCUT2D eigenvalue weighted by molar-refractivity contribution is 0.0963. The van der Waals surface area contributed by atoms with E-state index in [0.29, 0.717) is 5.56 Å². The van der Waals surface area contributed by atoms with Crippen molar-refractivity contribution >= 4 is 47.2 Å². The van der Waals surface area contributed by atoms with E-state index in [9.17, 15) is 4.79 Å². The molecule has 0 saturated carbocycles. The number of carbonyl (C=O) groups excluding carboxylic acids is 1.